The van der Waals surface area contributed by atoms with Crippen LogP contribution in [0.1, 0.15) is 23.0 Å². The first kappa shape index (κ1) is 14.3. The predicted octanol–water partition coefficient (Wildman–Crippen LogP) is 1.39. The Bertz CT molecular complexity index is 588. The van der Waals surface area contributed by atoms with E-state index < -0.39 is 6.04 Å². The molecule has 0 aliphatic carbocycles. The summed E-state index contributed by atoms with van der Waals surface area (Å²) in [7, 11) is 3.64. The fraction of sp³-hybridized carbons (Fsp3) is 0.333. The third-order valence-corrected chi connectivity index (χ3v) is 3.38. The van der Waals surface area contributed by atoms with Crippen LogP contribution in [0.3, 0.4) is 0 Å². The van der Waals surface area contributed by atoms with Gasteiger partial charge in [-0.15, -0.1) is 0 Å². The van der Waals surface area contributed by atoms with Crippen LogP contribution in [-0.4, -0.2) is 27.4 Å². The summed E-state index contributed by atoms with van der Waals surface area (Å²) in [6, 6.07) is 7.07. The molecular weight excluding hydrogens is 252 g/mol. The van der Waals surface area contributed by atoms with Gasteiger partial charge in [0.15, 0.2) is 0 Å². The number of aromatic nitrogens is 2. The Hall–Kier alpha value is -2.14. The molecule has 0 bridgehead atoms. The number of likely N-dealkylation sites (N-methyl/N-ethyl adjacent to an activating group) is 1. The average Bonchev–Trinajstić information content (AvgIpc) is 2.83. The lowest BCUT2D eigenvalue weighted by Gasteiger charge is -2.21. The summed E-state index contributed by atoms with van der Waals surface area (Å²) in [5, 5.41) is 0. The molecule has 1 amide bonds. The summed E-state index contributed by atoms with van der Waals surface area (Å²) in [5.74, 6) is 0.716. The highest BCUT2D eigenvalue weighted by molar-refractivity contribution is 5.82. The molecule has 1 unspecified atom stereocenters. The van der Waals surface area contributed by atoms with E-state index in [0.717, 1.165) is 17.0 Å². The largest absolute Gasteiger partial charge is 0.337 e. The monoisotopic (exact) mass is 272 g/mol. The van der Waals surface area contributed by atoms with E-state index in [4.69, 9.17) is 5.73 Å². The number of aryl methyl sites for hydroxylation is 2. The predicted molar refractivity (Wildman–Crippen MR) is 77.8 cm³/mol. The lowest BCUT2D eigenvalue weighted by molar-refractivity contribution is -0.132. The summed E-state index contributed by atoms with van der Waals surface area (Å²) in [5.41, 5.74) is 8.01. The Labute approximate surface area is 119 Å². The van der Waals surface area contributed by atoms with Crippen LogP contribution in [0.25, 0.3) is 0 Å². The van der Waals surface area contributed by atoms with Crippen LogP contribution in [0.5, 0.6) is 0 Å². The number of amides is 1. The minimum Gasteiger partial charge on any atom is -0.337 e. The van der Waals surface area contributed by atoms with Crippen LogP contribution < -0.4 is 5.73 Å². The molecule has 5 nitrogen and oxygen atoms in total. The Kier molecular flexibility index (Phi) is 4.20. The molecule has 2 rings (SSSR count). The Morgan fingerprint density at radius 3 is 2.60 bits per heavy atom. The van der Waals surface area contributed by atoms with Gasteiger partial charge in [0.1, 0.15) is 11.9 Å². The number of nitrogens with two attached hydrogens (primary N) is 1. The molecule has 0 fully saturated rings. The standard InChI is InChI=1S/C15H20N4O/c1-11-4-6-12(7-5-11)14(16)15(20)19(3)10-13-17-8-9-18(13)2/h4-9,14H,10,16H2,1-3H3. The molecule has 2 N–H and O–H groups in total. The van der Waals surface area contributed by atoms with Crippen LogP contribution in [0, 0.1) is 6.92 Å². The van der Waals surface area contributed by atoms with Crippen LogP contribution in [0.15, 0.2) is 36.7 Å². The molecule has 2 aromatic rings. The van der Waals surface area contributed by atoms with E-state index in [1.807, 2.05) is 49.0 Å². The summed E-state index contributed by atoms with van der Waals surface area (Å²) in [4.78, 5) is 18.1. The lowest BCUT2D eigenvalue weighted by Crippen LogP contribution is -2.36. The van der Waals surface area contributed by atoms with Gasteiger partial charge in [-0.25, -0.2) is 4.98 Å². The first-order chi connectivity index (χ1) is 9.49. The number of rotatable bonds is 4. The van der Waals surface area contributed by atoms with Crippen LogP contribution in [0.4, 0.5) is 0 Å². The number of nitrogens with zero attached hydrogens (tertiary/aromatic N) is 3. The van der Waals surface area contributed by atoms with Crippen molar-refractivity contribution < 1.29 is 4.79 Å². The summed E-state index contributed by atoms with van der Waals surface area (Å²) < 4.78 is 1.89. The van der Waals surface area contributed by atoms with Crippen molar-refractivity contribution in [2.75, 3.05) is 7.05 Å². The van der Waals surface area contributed by atoms with E-state index in [9.17, 15) is 4.79 Å². The molecule has 1 atom stereocenters. The maximum absolute atomic E-state index is 12.3. The van der Waals surface area contributed by atoms with Crippen LogP contribution in [0.2, 0.25) is 0 Å². The number of hydrogen-bond donors (Lipinski definition) is 1. The number of carbonyl (C=O) groups is 1. The lowest BCUT2D eigenvalue weighted by atomic mass is 10.0. The molecule has 20 heavy (non-hydrogen) atoms. The molecule has 0 spiro atoms. The molecule has 0 aliphatic rings. The van der Waals surface area contributed by atoms with Gasteiger partial charge >= 0.3 is 0 Å². The first-order valence-corrected chi connectivity index (χ1v) is 6.52. The van der Waals surface area contributed by atoms with Gasteiger partial charge < -0.3 is 15.2 Å². The van der Waals surface area contributed by atoms with Crippen molar-refractivity contribution in [2.45, 2.75) is 19.5 Å². The zero-order valence-corrected chi connectivity index (χ0v) is 12.1. The summed E-state index contributed by atoms with van der Waals surface area (Å²) >= 11 is 0. The van der Waals surface area contributed by atoms with Crippen molar-refractivity contribution in [1.29, 1.82) is 0 Å². The minimum atomic E-state index is -0.638. The van der Waals surface area contributed by atoms with Gasteiger partial charge in [0, 0.05) is 26.5 Å². The highest BCUT2D eigenvalue weighted by Crippen LogP contribution is 2.14. The second-order valence-corrected chi connectivity index (χ2v) is 5.04. The molecule has 106 valence electrons. The normalized spacial score (nSPS) is 12.2. The zero-order chi connectivity index (χ0) is 14.7. The van der Waals surface area contributed by atoms with Gasteiger partial charge in [0.05, 0.1) is 6.54 Å². The van der Waals surface area contributed by atoms with E-state index in [1.165, 1.54) is 0 Å². The zero-order valence-electron chi connectivity index (χ0n) is 12.1. The van der Waals surface area contributed by atoms with E-state index in [-0.39, 0.29) is 5.91 Å². The van der Waals surface area contributed by atoms with E-state index >= 15 is 0 Å². The molecular formula is C15H20N4O. The number of benzene rings is 1. The van der Waals surface area contributed by atoms with E-state index in [2.05, 4.69) is 4.98 Å². The van der Waals surface area contributed by atoms with Gasteiger partial charge in [0.2, 0.25) is 5.91 Å². The van der Waals surface area contributed by atoms with Crippen molar-refractivity contribution in [2.24, 2.45) is 12.8 Å². The number of hydrogen-bond acceptors (Lipinski definition) is 3. The molecule has 1 aromatic heterocycles. The minimum absolute atomic E-state index is 0.114. The van der Waals surface area contributed by atoms with Gasteiger partial charge in [-0.1, -0.05) is 29.8 Å². The third-order valence-electron chi connectivity index (χ3n) is 3.38. The highest BCUT2D eigenvalue weighted by atomic mass is 16.2. The van der Waals surface area contributed by atoms with Crippen molar-refractivity contribution in [3.8, 4) is 0 Å². The van der Waals surface area contributed by atoms with Gasteiger partial charge in [-0.2, -0.15) is 0 Å². The summed E-state index contributed by atoms with van der Waals surface area (Å²) in [6.07, 6.45) is 3.57. The molecule has 0 aliphatic heterocycles. The van der Waals surface area contributed by atoms with Crippen molar-refractivity contribution in [3.05, 3.63) is 53.6 Å². The van der Waals surface area contributed by atoms with Crippen molar-refractivity contribution in [1.82, 2.24) is 14.5 Å². The molecule has 0 saturated heterocycles. The number of carbonyl (C=O) groups excluding carboxylic acids is 1. The molecule has 1 heterocycles. The van der Waals surface area contributed by atoms with Crippen LogP contribution >= 0.6 is 0 Å². The quantitative estimate of drug-likeness (QED) is 0.914. The fourth-order valence-corrected chi connectivity index (χ4v) is 1.99. The maximum atomic E-state index is 12.3. The molecule has 0 radical (unpaired) electrons. The molecule has 1 aromatic carbocycles. The third kappa shape index (κ3) is 3.05. The van der Waals surface area contributed by atoms with Crippen LogP contribution in [-0.2, 0) is 18.4 Å². The van der Waals surface area contributed by atoms with Gasteiger partial charge in [-0.3, -0.25) is 4.79 Å². The second-order valence-electron chi connectivity index (χ2n) is 5.04. The van der Waals surface area contributed by atoms with E-state index in [0.29, 0.717) is 6.54 Å². The van der Waals surface area contributed by atoms with Crippen molar-refractivity contribution >= 4 is 5.91 Å². The average molecular weight is 272 g/mol. The fourth-order valence-electron chi connectivity index (χ4n) is 1.99. The Morgan fingerprint density at radius 1 is 1.40 bits per heavy atom. The Morgan fingerprint density at radius 2 is 2.05 bits per heavy atom. The van der Waals surface area contributed by atoms with E-state index in [1.54, 1.807) is 18.1 Å². The van der Waals surface area contributed by atoms with Gasteiger partial charge in [0.25, 0.3) is 0 Å². The topological polar surface area (TPSA) is 64.2 Å². The SMILES string of the molecule is Cc1ccc(C(N)C(=O)N(C)Cc2nccn2C)cc1. The summed E-state index contributed by atoms with van der Waals surface area (Å²) in [6.45, 7) is 2.45. The number of imidazole rings is 1. The van der Waals surface area contributed by atoms with Gasteiger partial charge in [-0.05, 0) is 12.5 Å². The highest BCUT2D eigenvalue weighted by Gasteiger charge is 2.20. The van der Waals surface area contributed by atoms with Crippen molar-refractivity contribution in [3.63, 3.8) is 0 Å². The molecule has 5 heteroatoms. The second kappa shape index (κ2) is 5.88. The molecule has 0 saturated carbocycles. The Balaban J connectivity index is 2.06. The smallest absolute Gasteiger partial charge is 0.244 e. The maximum Gasteiger partial charge on any atom is 0.244 e. The first-order valence-electron chi connectivity index (χ1n) is 6.52.